The van der Waals surface area contributed by atoms with Crippen LogP contribution >= 0.6 is 12.2 Å². The van der Waals surface area contributed by atoms with Crippen LogP contribution in [-0.4, -0.2) is 32.0 Å². The molecule has 0 saturated carbocycles. The van der Waals surface area contributed by atoms with Gasteiger partial charge in [-0.15, -0.1) is 0 Å². The van der Waals surface area contributed by atoms with E-state index in [1.807, 2.05) is 42.5 Å². The molecule has 4 aromatic rings. The smallest absolute Gasteiger partial charge is 0.226 e. The van der Waals surface area contributed by atoms with Crippen LogP contribution in [0.5, 0.6) is 0 Å². The normalized spacial score (nSPS) is 17.0. The molecule has 0 bridgehead atoms. The number of benzene rings is 2. The van der Waals surface area contributed by atoms with Crippen LogP contribution in [0.2, 0.25) is 0 Å². The van der Waals surface area contributed by atoms with Gasteiger partial charge >= 0.3 is 0 Å². The predicted molar refractivity (Wildman–Crippen MR) is 152 cm³/mol. The molecule has 7 heteroatoms. The molecular formula is C30H31N5OS. The summed E-state index contributed by atoms with van der Waals surface area (Å²) in [7, 11) is 0. The molecule has 1 aliphatic rings. The van der Waals surface area contributed by atoms with Crippen molar-refractivity contribution in [3.8, 4) is 5.69 Å². The van der Waals surface area contributed by atoms with E-state index < -0.39 is 0 Å². The standard InChI is InChI=1S/C30H31N5OS/c1-3-22-11-4-5-13-24(22)32-27(36)16-19-35-29(28(33-30(35)37)25-14-6-7-17-31-25)26-15-9-18-34(26)23-12-8-10-21(2)20-23/h4-15,17-18,20,28-29H,3,16,19H2,1-2H3,(H,32,36)(H,33,37). The van der Waals surface area contributed by atoms with Gasteiger partial charge in [-0.2, -0.15) is 0 Å². The highest BCUT2D eigenvalue weighted by Crippen LogP contribution is 2.39. The molecule has 1 saturated heterocycles. The number of aromatic nitrogens is 2. The summed E-state index contributed by atoms with van der Waals surface area (Å²) in [5, 5.41) is 7.20. The molecule has 1 aliphatic heterocycles. The van der Waals surface area contributed by atoms with Gasteiger partial charge < -0.3 is 20.1 Å². The first-order chi connectivity index (χ1) is 18.0. The fraction of sp³-hybridized carbons (Fsp3) is 0.233. The molecule has 1 amide bonds. The Morgan fingerprint density at radius 1 is 1.05 bits per heavy atom. The SMILES string of the molecule is CCc1ccccc1NC(=O)CCN1C(=S)NC(c2ccccn2)C1c1cccn1-c1cccc(C)c1. The van der Waals surface area contributed by atoms with E-state index in [4.69, 9.17) is 12.2 Å². The number of para-hydroxylation sites is 1. The highest BCUT2D eigenvalue weighted by Gasteiger charge is 2.41. The van der Waals surface area contributed by atoms with Gasteiger partial charge in [-0.25, -0.2) is 0 Å². The monoisotopic (exact) mass is 509 g/mol. The number of thiocarbonyl (C=S) groups is 1. The van der Waals surface area contributed by atoms with Crippen molar-refractivity contribution in [1.29, 1.82) is 0 Å². The third kappa shape index (κ3) is 5.27. The van der Waals surface area contributed by atoms with Crippen molar-refractivity contribution in [1.82, 2.24) is 19.8 Å². The third-order valence-corrected chi connectivity index (χ3v) is 7.17. The minimum atomic E-state index is -0.143. The molecule has 2 aromatic heterocycles. The Morgan fingerprint density at radius 2 is 1.89 bits per heavy atom. The number of aryl methyl sites for hydroxylation is 2. The number of amides is 1. The molecule has 2 unspecified atom stereocenters. The summed E-state index contributed by atoms with van der Waals surface area (Å²) in [6.45, 7) is 4.67. The first kappa shape index (κ1) is 24.7. The zero-order valence-electron chi connectivity index (χ0n) is 21.1. The lowest BCUT2D eigenvalue weighted by atomic mass is 10.0. The molecule has 0 radical (unpaired) electrons. The van der Waals surface area contributed by atoms with Crippen molar-refractivity contribution in [2.75, 3.05) is 11.9 Å². The molecule has 2 aromatic carbocycles. The predicted octanol–water partition coefficient (Wildman–Crippen LogP) is 5.74. The number of hydrogen-bond acceptors (Lipinski definition) is 3. The first-order valence-electron chi connectivity index (χ1n) is 12.6. The number of nitrogens with one attached hydrogen (secondary N) is 2. The molecule has 6 nitrogen and oxygen atoms in total. The maximum atomic E-state index is 13.0. The van der Waals surface area contributed by atoms with Crippen molar-refractivity contribution < 1.29 is 4.79 Å². The first-order valence-corrected chi connectivity index (χ1v) is 13.1. The van der Waals surface area contributed by atoms with Crippen molar-refractivity contribution in [2.24, 2.45) is 0 Å². The van der Waals surface area contributed by atoms with Crippen LogP contribution < -0.4 is 10.6 Å². The molecular weight excluding hydrogens is 478 g/mol. The number of carbonyl (C=O) groups is 1. The zero-order chi connectivity index (χ0) is 25.8. The topological polar surface area (TPSA) is 62.2 Å². The van der Waals surface area contributed by atoms with Gasteiger partial charge in [0.05, 0.1) is 17.8 Å². The quantitative estimate of drug-likeness (QED) is 0.297. The second kappa shape index (κ2) is 11.0. The van der Waals surface area contributed by atoms with Gasteiger partial charge in [0.2, 0.25) is 5.91 Å². The van der Waals surface area contributed by atoms with E-state index in [2.05, 4.69) is 81.5 Å². The van der Waals surface area contributed by atoms with Crippen molar-refractivity contribution in [2.45, 2.75) is 38.8 Å². The third-order valence-electron chi connectivity index (χ3n) is 6.81. The molecule has 188 valence electrons. The Kier molecular flexibility index (Phi) is 7.32. The number of rotatable bonds is 8. The van der Waals surface area contributed by atoms with Gasteiger partial charge in [-0.3, -0.25) is 9.78 Å². The summed E-state index contributed by atoms with van der Waals surface area (Å²) >= 11 is 5.82. The summed E-state index contributed by atoms with van der Waals surface area (Å²) in [5.74, 6) is -0.0298. The van der Waals surface area contributed by atoms with E-state index >= 15 is 0 Å². The van der Waals surface area contributed by atoms with Crippen LogP contribution in [-0.2, 0) is 11.2 Å². The van der Waals surface area contributed by atoms with E-state index in [9.17, 15) is 4.79 Å². The lowest BCUT2D eigenvalue weighted by molar-refractivity contribution is -0.116. The molecule has 5 rings (SSSR count). The van der Waals surface area contributed by atoms with E-state index in [1.54, 1.807) is 6.20 Å². The van der Waals surface area contributed by atoms with Crippen LogP contribution in [0.4, 0.5) is 5.69 Å². The van der Waals surface area contributed by atoms with Crippen LogP contribution in [0.1, 0.15) is 47.9 Å². The summed E-state index contributed by atoms with van der Waals surface area (Å²) in [5.41, 5.74) is 6.28. The Bertz CT molecular complexity index is 1400. The van der Waals surface area contributed by atoms with E-state index in [0.717, 1.165) is 34.7 Å². The maximum Gasteiger partial charge on any atom is 0.226 e. The molecule has 2 atom stereocenters. The van der Waals surface area contributed by atoms with Crippen molar-refractivity contribution in [3.63, 3.8) is 0 Å². The second-order valence-electron chi connectivity index (χ2n) is 9.27. The Hall–Kier alpha value is -3.97. The fourth-order valence-electron chi connectivity index (χ4n) is 5.00. The summed E-state index contributed by atoms with van der Waals surface area (Å²) < 4.78 is 2.20. The van der Waals surface area contributed by atoms with Gasteiger partial charge in [0, 0.05) is 42.4 Å². The second-order valence-corrected chi connectivity index (χ2v) is 9.66. The number of nitrogens with zero attached hydrogens (tertiary/aromatic N) is 3. The lowest BCUT2D eigenvalue weighted by Gasteiger charge is -2.29. The molecule has 37 heavy (non-hydrogen) atoms. The number of pyridine rings is 1. The zero-order valence-corrected chi connectivity index (χ0v) is 21.9. The number of hydrogen-bond donors (Lipinski definition) is 2. The Balaban J connectivity index is 1.44. The molecule has 2 N–H and O–H groups in total. The van der Waals surface area contributed by atoms with Crippen molar-refractivity contribution >= 4 is 28.9 Å². The summed E-state index contributed by atoms with van der Waals surface area (Å²) in [6.07, 6.45) is 5.06. The maximum absolute atomic E-state index is 13.0. The number of carbonyl (C=O) groups excluding carboxylic acids is 1. The summed E-state index contributed by atoms with van der Waals surface area (Å²) in [4.78, 5) is 19.8. The van der Waals surface area contributed by atoms with Gasteiger partial charge in [0.25, 0.3) is 0 Å². The van der Waals surface area contributed by atoms with Gasteiger partial charge in [-0.1, -0.05) is 43.3 Å². The highest BCUT2D eigenvalue weighted by atomic mass is 32.1. The highest BCUT2D eigenvalue weighted by molar-refractivity contribution is 7.80. The Labute approximate surface area is 223 Å². The average Bonchev–Trinajstić information content (AvgIpc) is 3.52. The molecule has 0 spiro atoms. The largest absolute Gasteiger partial charge is 0.352 e. The van der Waals surface area contributed by atoms with Crippen molar-refractivity contribution in [3.05, 3.63) is 114 Å². The minimum absolute atomic E-state index is 0.0298. The van der Waals surface area contributed by atoms with Gasteiger partial charge in [-0.05, 0) is 79.2 Å². The van der Waals surface area contributed by atoms with Crippen LogP contribution in [0, 0.1) is 6.92 Å². The van der Waals surface area contributed by atoms with Gasteiger partial charge in [0.1, 0.15) is 0 Å². The Morgan fingerprint density at radius 3 is 2.68 bits per heavy atom. The van der Waals surface area contributed by atoms with Crippen LogP contribution in [0.3, 0.4) is 0 Å². The minimum Gasteiger partial charge on any atom is -0.352 e. The van der Waals surface area contributed by atoms with E-state index in [-0.39, 0.29) is 18.0 Å². The van der Waals surface area contributed by atoms with Crippen LogP contribution in [0.15, 0.2) is 91.3 Å². The fourth-order valence-corrected chi connectivity index (χ4v) is 5.33. The average molecular weight is 510 g/mol. The number of anilines is 1. The van der Waals surface area contributed by atoms with Crippen LogP contribution in [0.25, 0.3) is 5.69 Å². The molecule has 1 fully saturated rings. The van der Waals surface area contributed by atoms with Gasteiger partial charge in [0.15, 0.2) is 5.11 Å². The van der Waals surface area contributed by atoms with E-state index in [1.165, 1.54) is 5.56 Å². The molecule has 3 heterocycles. The van der Waals surface area contributed by atoms with E-state index in [0.29, 0.717) is 18.1 Å². The molecule has 0 aliphatic carbocycles. The lowest BCUT2D eigenvalue weighted by Crippen LogP contribution is -2.33. The summed E-state index contributed by atoms with van der Waals surface area (Å²) in [6, 6.07) is 26.2.